The maximum Gasteiger partial charge on any atom is 0.331 e. The van der Waals surface area contributed by atoms with E-state index in [2.05, 4.69) is 20.7 Å². The zero-order valence-corrected chi connectivity index (χ0v) is 10.2. The summed E-state index contributed by atoms with van der Waals surface area (Å²) >= 11 is 2.96. The SMILES string of the molecule is CC1(C)C(C=CC(=O)OCBr)C1C(=O)O. The first kappa shape index (κ1) is 12.2. The van der Waals surface area contributed by atoms with Crippen LogP contribution in [0.4, 0.5) is 0 Å². The normalized spacial score (nSPS) is 27.7. The Balaban J connectivity index is 2.55. The van der Waals surface area contributed by atoms with E-state index >= 15 is 0 Å². The van der Waals surface area contributed by atoms with Gasteiger partial charge in [-0.25, -0.2) is 4.79 Å². The lowest BCUT2D eigenvalue weighted by molar-refractivity contribution is -0.139. The molecule has 1 N–H and O–H groups in total. The second-order valence-electron chi connectivity index (χ2n) is 4.09. The number of carboxylic acid groups (broad SMARTS) is 1. The smallest absolute Gasteiger partial charge is 0.331 e. The van der Waals surface area contributed by atoms with Gasteiger partial charge in [0.05, 0.1) is 5.92 Å². The number of rotatable bonds is 4. The third kappa shape index (κ3) is 2.59. The van der Waals surface area contributed by atoms with E-state index in [1.54, 1.807) is 6.08 Å². The summed E-state index contributed by atoms with van der Waals surface area (Å²) in [4.78, 5) is 21.8. The molecule has 2 unspecified atom stereocenters. The molecule has 1 aliphatic carbocycles. The number of hydrogen-bond acceptors (Lipinski definition) is 3. The number of esters is 1. The minimum absolute atomic E-state index is 0.0853. The standard InChI is InChI=1S/C10H13BrO4/c1-10(2)6(8(10)9(13)14)3-4-7(12)15-5-11/h3-4,6,8H,5H2,1-2H3,(H,13,14). The highest BCUT2D eigenvalue weighted by Gasteiger charge is 2.60. The second kappa shape index (κ2) is 4.35. The molecule has 0 heterocycles. The first-order chi connectivity index (χ1) is 6.91. The number of carbonyl (C=O) groups excluding carboxylic acids is 1. The third-order valence-corrected chi connectivity index (χ3v) is 3.04. The summed E-state index contributed by atoms with van der Waals surface area (Å²) in [6, 6.07) is 0. The molecular formula is C10H13BrO4. The van der Waals surface area contributed by atoms with Crippen LogP contribution >= 0.6 is 15.9 Å². The van der Waals surface area contributed by atoms with Gasteiger partial charge in [-0.05, 0) is 27.3 Å². The summed E-state index contributed by atoms with van der Waals surface area (Å²) in [6.07, 6.45) is 2.90. The van der Waals surface area contributed by atoms with E-state index in [0.29, 0.717) is 0 Å². The molecule has 4 nitrogen and oxygen atoms in total. The molecule has 84 valence electrons. The Morgan fingerprint density at radius 1 is 1.53 bits per heavy atom. The number of halogens is 1. The van der Waals surface area contributed by atoms with Crippen LogP contribution in [0.3, 0.4) is 0 Å². The maximum absolute atomic E-state index is 11.0. The highest BCUT2D eigenvalue weighted by atomic mass is 79.9. The van der Waals surface area contributed by atoms with Crippen LogP contribution in [0.5, 0.6) is 0 Å². The minimum Gasteiger partial charge on any atom is -0.481 e. The Bertz CT molecular complexity index is 309. The highest BCUT2D eigenvalue weighted by molar-refractivity contribution is 9.09. The van der Waals surface area contributed by atoms with Gasteiger partial charge in [-0.1, -0.05) is 19.9 Å². The molecule has 0 saturated heterocycles. The lowest BCUT2D eigenvalue weighted by atomic mass is 10.1. The van der Waals surface area contributed by atoms with E-state index in [1.165, 1.54) is 6.08 Å². The molecular weight excluding hydrogens is 264 g/mol. The van der Waals surface area contributed by atoms with Gasteiger partial charge in [0.1, 0.15) is 5.52 Å². The van der Waals surface area contributed by atoms with E-state index in [0.717, 1.165) is 0 Å². The predicted octanol–water partition coefficient (Wildman–Crippen LogP) is 1.80. The molecule has 0 bridgehead atoms. The van der Waals surface area contributed by atoms with E-state index in [4.69, 9.17) is 5.11 Å². The summed E-state index contributed by atoms with van der Waals surface area (Å²) in [7, 11) is 0. The quantitative estimate of drug-likeness (QED) is 0.483. The van der Waals surface area contributed by atoms with Crippen LogP contribution in [-0.2, 0) is 14.3 Å². The average Bonchev–Trinajstić information content (AvgIpc) is 2.65. The van der Waals surface area contributed by atoms with E-state index in [9.17, 15) is 9.59 Å². The first-order valence-electron chi connectivity index (χ1n) is 4.55. The molecule has 0 spiro atoms. The van der Waals surface area contributed by atoms with Gasteiger partial charge in [0, 0.05) is 6.08 Å². The summed E-state index contributed by atoms with van der Waals surface area (Å²) in [5.41, 5.74) is -0.121. The van der Waals surface area contributed by atoms with Gasteiger partial charge in [0.2, 0.25) is 0 Å². The van der Waals surface area contributed by atoms with Crippen molar-refractivity contribution in [3.8, 4) is 0 Å². The van der Waals surface area contributed by atoms with Crippen LogP contribution in [0.15, 0.2) is 12.2 Å². The Kier molecular flexibility index (Phi) is 3.54. The highest BCUT2D eigenvalue weighted by Crippen LogP contribution is 2.58. The zero-order valence-electron chi connectivity index (χ0n) is 8.57. The fraction of sp³-hybridized carbons (Fsp3) is 0.600. The topological polar surface area (TPSA) is 63.6 Å². The summed E-state index contributed by atoms with van der Waals surface area (Å²) in [5, 5.41) is 8.87. The number of allylic oxidation sites excluding steroid dienone is 1. The van der Waals surface area contributed by atoms with Crippen LogP contribution in [0, 0.1) is 17.3 Å². The molecule has 1 rings (SSSR count). The zero-order chi connectivity index (χ0) is 11.6. The fourth-order valence-electron chi connectivity index (χ4n) is 1.79. The monoisotopic (exact) mass is 276 g/mol. The van der Waals surface area contributed by atoms with E-state index in [1.807, 2.05) is 13.8 Å². The first-order valence-corrected chi connectivity index (χ1v) is 5.67. The van der Waals surface area contributed by atoms with Crippen molar-refractivity contribution in [2.24, 2.45) is 17.3 Å². The maximum atomic E-state index is 11.0. The second-order valence-corrected chi connectivity index (χ2v) is 4.55. The number of hydrogen-bond donors (Lipinski definition) is 1. The number of carboxylic acids is 1. The number of alkyl halides is 1. The van der Waals surface area contributed by atoms with Crippen LogP contribution in [0.2, 0.25) is 0 Å². The van der Waals surface area contributed by atoms with Crippen molar-refractivity contribution < 1.29 is 19.4 Å². The summed E-state index contributed by atoms with van der Waals surface area (Å²) < 4.78 is 4.63. The Morgan fingerprint density at radius 2 is 2.13 bits per heavy atom. The molecule has 5 heteroatoms. The molecule has 0 aromatic carbocycles. The molecule has 1 fully saturated rings. The lowest BCUT2D eigenvalue weighted by Gasteiger charge is -1.96. The number of aliphatic carboxylic acids is 1. The van der Waals surface area contributed by atoms with Crippen molar-refractivity contribution in [3.63, 3.8) is 0 Å². The molecule has 0 aliphatic heterocycles. The van der Waals surface area contributed by atoms with Gasteiger partial charge < -0.3 is 9.84 Å². The molecule has 0 radical (unpaired) electrons. The van der Waals surface area contributed by atoms with Crippen molar-refractivity contribution in [1.29, 1.82) is 0 Å². The van der Waals surface area contributed by atoms with Gasteiger partial charge in [0.25, 0.3) is 0 Å². The molecule has 2 atom stereocenters. The van der Waals surface area contributed by atoms with Gasteiger partial charge in [-0.3, -0.25) is 4.79 Å². The Labute approximate surface area is 96.4 Å². The number of carbonyl (C=O) groups is 2. The van der Waals surface area contributed by atoms with Gasteiger partial charge in [-0.15, -0.1) is 0 Å². The van der Waals surface area contributed by atoms with Crippen LogP contribution in [0.1, 0.15) is 13.8 Å². The third-order valence-electron chi connectivity index (χ3n) is 2.81. The Hall–Kier alpha value is -0.840. The predicted molar refractivity (Wildman–Crippen MR) is 57.4 cm³/mol. The summed E-state index contributed by atoms with van der Waals surface area (Å²) in [6.45, 7) is 3.74. The number of ether oxygens (including phenoxy) is 1. The van der Waals surface area contributed by atoms with Crippen molar-refractivity contribution in [2.45, 2.75) is 13.8 Å². The molecule has 0 aromatic rings. The van der Waals surface area contributed by atoms with Crippen molar-refractivity contribution in [1.82, 2.24) is 0 Å². The van der Waals surface area contributed by atoms with Gasteiger partial charge >= 0.3 is 11.9 Å². The molecule has 0 amide bonds. The van der Waals surface area contributed by atoms with E-state index in [-0.39, 0.29) is 16.8 Å². The van der Waals surface area contributed by atoms with Crippen LogP contribution in [-0.4, -0.2) is 22.6 Å². The fourth-order valence-corrected chi connectivity index (χ4v) is 2.02. The largest absolute Gasteiger partial charge is 0.481 e. The molecule has 15 heavy (non-hydrogen) atoms. The van der Waals surface area contributed by atoms with Gasteiger partial charge in [-0.2, -0.15) is 0 Å². The van der Waals surface area contributed by atoms with Crippen LogP contribution < -0.4 is 0 Å². The molecule has 1 aliphatic rings. The average molecular weight is 277 g/mol. The lowest BCUT2D eigenvalue weighted by Crippen LogP contribution is -2.03. The van der Waals surface area contributed by atoms with E-state index < -0.39 is 17.9 Å². The Morgan fingerprint density at radius 3 is 2.53 bits per heavy atom. The molecule has 0 aromatic heterocycles. The van der Waals surface area contributed by atoms with Crippen LogP contribution in [0.25, 0.3) is 0 Å². The van der Waals surface area contributed by atoms with Gasteiger partial charge in [0.15, 0.2) is 0 Å². The van der Waals surface area contributed by atoms with Crippen molar-refractivity contribution >= 4 is 27.9 Å². The summed E-state index contributed by atoms with van der Waals surface area (Å²) in [5.74, 6) is -1.76. The van der Waals surface area contributed by atoms with Crippen molar-refractivity contribution in [2.75, 3.05) is 5.52 Å². The molecule has 1 saturated carbocycles. The van der Waals surface area contributed by atoms with Crippen molar-refractivity contribution in [3.05, 3.63) is 12.2 Å². The minimum atomic E-state index is -0.816.